The molecule has 0 saturated carbocycles. The van der Waals surface area contributed by atoms with Gasteiger partial charge in [0, 0.05) is 20.4 Å². The summed E-state index contributed by atoms with van der Waals surface area (Å²) in [5, 5.41) is 9.04. The Morgan fingerprint density at radius 1 is 1.20 bits per heavy atom. The lowest BCUT2D eigenvalue weighted by molar-refractivity contribution is -0.188. The molecule has 0 aliphatic carbocycles. The fraction of sp³-hybridized carbons (Fsp3) is 0.200. The minimum Gasteiger partial charge on any atom is -0.438 e. The van der Waals surface area contributed by atoms with Crippen LogP contribution < -0.4 is 4.74 Å². The quantitative estimate of drug-likeness (QED) is 0.783. The summed E-state index contributed by atoms with van der Waals surface area (Å²) < 4.78 is 17.0. The van der Waals surface area contributed by atoms with Gasteiger partial charge in [0.2, 0.25) is 11.7 Å². The van der Waals surface area contributed by atoms with E-state index in [4.69, 9.17) is 19.5 Å². The van der Waals surface area contributed by atoms with Crippen LogP contribution in [0.15, 0.2) is 36.5 Å². The highest BCUT2D eigenvalue weighted by atomic mass is 16.7. The van der Waals surface area contributed by atoms with Crippen LogP contribution in [0.2, 0.25) is 0 Å². The van der Waals surface area contributed by atoms with Gasteiger partial charge in [-0.3, -0.25) is 0 Å². The Kier molecular flexibility index (Phi) is 2.90. The van der Waals surface area contributed by atoms with Crippen LogP contribution in [0.5, 0.6) is 11.6 Å². The molecule has 0 unspecified atom stereocenters. The van der Waals surface area contributed by atoms with Crippen LogP contribution in [0, 0.1) is 11.3 Å². The molecule has 0 atom stereocenters. The van der Waals surface area contributed by atoms with Crippen molar-refractivity contribution in [3.63, 3.8) is 0 Å². The zero-order chi connectivity index (χ0) is 14.2. The molecule has 3 rings (SSSR count). The molecule has 0 fully saturated rings. The van der Waals surface area contributed by atoms with Crippen molar-refractivity contribution in [2.75, 3.05) is 14.2 Å². The number of para-hydroxylation sites is 1. The third-order valence-electron chi connectivity index (χ3n) is 3.36. The Hall–Kier alpha value is -2.42. The summed E-state index contributed by atoms with van der Waals surface area (Å²) in [6.45, 7) is 0. The number of benzene rings is 1. The van der Waals surface area contributed by atoms with Gasteiger partial charge in [-0.1, -0.05) is 12.1 Å². The van der Waals surface area contributed by atoms with Gasteiger partial charge in [0.15, 0.2) is 0 Å². The molecule has 5 heteroatoms. The van der Waals surface area contributed by atoms with Crippen molar-refractivity contribution in [1.82, 2.24) is 4.98 Å². The van der Waals surface area contributed by atoms with Crippen LogP contribution in [0.1, 0.15) is 16.7 Å². The number of rotatable bonds is 2. The standard InChI is InChI=1S/C15H12N2O3/c1-18-15(19-2)11-5-3-4-6-13(11)20-14-12(15)7-10(8-16)9-17-14/h3-7,9H,1-2H3. The fourth-order valence-corrected chi connectivity index (χ4v) is 2.43. The number of pyridine rings is 1. The van der Waals surface area contributed by atoms with Gasteiger partial charge in [-0.2, -0.15) is 5.26 Å². The molecule has 1 aliphatic heterocycles. The third-order valence-corrected chi connectivity index (χ3v) is 3.36. The van der Waals surface area contributed by atoms with Crippen LogP contribution in [-0.2, 0) is 15.3 Å². The Balaban J connectivity index is 2.31. The average molecular weight is 268 g/mol. The minimum absolute atomic E-state index is 0.381. The summed E-state index contributed by atoms with van der Waals surface area (Å²) in [5.41, 5.74) is 1.75. The average Bonchev–Trinajstić information content (AvgIpc) is 2.52. The summed E-state index contributed by atoms with van der Waals surface area (Å²) in [7, 11) is 3.10. The minimum atomic E-state index is -1.12. The largest absolute Gasteiger partial charge is 0.438 e. The SMILES string of the molecule is COC1(OC)c2ccccc2Oc2ncc(C#N)cc21. The summed E-state index contributed by atoms with van der Waals surface area (Å²) in [5.74, 6) is -0.114. The first kappa shape index (κ1) is 12.6. The molecule has 20 heavy (non-hydrogen) atoms. The van der Waals surface area contributed by atoms with E-state index < -0.39 is 5.79 Å². The second-order valence-corrected chi connectivity index (χ2v) is 4.31. The Morgan fingerprint density at radius 2 is 1.95 bits per heavy atom. The zero-order valence-corrected chi connectivity index (χ0v) is 11.1. The van der Waals surface area contributed by atoms with Gasteiger partial charge in [0.25, 0.3) is 0 Å². The molecule has 100 valence electrons. The van der Waals surface area contributed by atoms with Crippen molar-refractivity contribution < 1.29 is 14.2 Å². The molecule has 0 bridgehead atoms. The molecule has 1 aliphatic rings. The molecule has 0 spiro atoms. The predicted octanol–water partition coefficient (Wildman–Crippen LogP) is 2.55. The lowest BCUT2D eigenvalue weighted by Crippen LogP contribution is -2.35. The number of fused-ring (bicyclic) bond motifs is 2. The zero-order valence-electron chi connectivity index (χ0n) is 11.1. The molecule has 0 radical (unpaired) electrons. The van der Waals surface area contributed by atoms with E-state index in [0.29, 0.717) is 22.8 Å². The molecule has 0 N–H and O–H groups in total. The smallest absolute Gasteiger partial charge is 0.230 e. The van der Waals surface area contributed by atoms with Gasteiger partial charge in [0.05, 0.1) is 16.7 Å². The van der Waals surface area contributed by atoms with Crippen LogP contribution in [0.3, 0.4) is 0 Å². The molecule has 1 aromatic heterocycles. The van der Waals surface area contributed by atoms with Gasteiger partial charge < -0.3 is 14.2 Å². The van der Waals surface area contributed by atoms with Gasteiger partial charge in [-0.25, -0.2) is 4.98 Å². The number of hydrogen-bond donors (Lipinski definition) is 0. The van der Waals surface area contributed by atoms with E-state index in [2.05, 4.69) is 11.1 Å². The topological polar surface area (TPSA) is 64.4 Å². The van der Waals surface area contributed by atoms with E-state index >= 15 is 0 Å². The first-order chi connectivity index (χ1) is 9.75. The number of nitrogens with zero attached hydrogens (tertiary/aromatic N) is 2. The van der Waals surface area contributed by atoms with Crippen molar-refractivity contribution in [3.8, 4) is 17.7 Å². The van der Waals surface area contributed by atoms with E-state index in [1.807, 2.05) is 24.3 Å². The number of methoxy groups -OCH3 is 2. The third kappa shape index (κ3) is 1.59. The number of nitriles is 1. The molecular weight excluding hydrogens is 256 g/mol. The van der Waals surface area contributed by atoms with Crippen LogP contribution >= 0.6 is 0 Å². The second kappa shape index (κ2) is 4.60. The van der Waals surface area contributed by atoms with Crippen molar-refractivity contribution in [2.45, 2.75) is 5.79 Å². The summed E-state index contributed by atoms with van der Waals surface area (Å²) in [4.78, 5) is 4.18. The maximum Gasteiger partial charge on any atom is 0.230 e. The first-order valence-corrected chi connectivity index (χ1v) is 6.03. The summed E-state index contributed by atoms with van der Waals surface area (Å²) >= 11 is 0. The molecule has 1 aromatic carbocycles. The Bertz CT molecular complexity index is 703. The van der Waals surface area contributed by atoms with Crippen LogP contribution in [0.4, 0.5) is 0 Å². The molecule has 5 nitrogen and oxygen atoms in total. The van der Waals surface area contributed by atoms with E-state index in [-0.39, 0.29) is 0 Å². The maximum absolute atomic E-state index is 9.04. The number of hydrogen-bond acceptors (Lipinski definition) is 5. The van der Waals surface area contributed by atoms with E-state index in [0.717, 1.165) is 5.56 Å². The lowest BCUT2D eigenvalue weighted by atomic mass is 9.94. The summed E-state index contributed by atoms with van der Waals surface area (Å²) in [6, 6.07) is 11.2. The Labute approximate surface area is 116 Å². The first-order valence-electron chi connectivity index (χ1n) is 6.03. The normalized spacial score (nSPS) is 14.7. The van der Waals surface area contributed by atoms with Crippen LogP contribution in [-0.4, -0.2) is 19.2 Å². The van der Waals surface area contributed by atoms with E-state index in [1.54, 1.807) is 20.3 Å². The highest BCUT2D eigenvalue weighted by Gasteiger charge is 2.44. The molecule has 2 aromatic rings. The highest BCUT2D eigenvalue weighted by Crippen LogP contribution is 2.48. The van der Waals surface area contributed by atoms with Gasteiger partial charge >= 0.3 is 0 Å². The van der Waals surface area contributed by atoms with E-state index in [1.165, 1.54) is 6.20 Å². The highest BCUT2D eigenvalue weighted by molar-refractivity contribution is 5.53. The molecule has 0 saturated heterocycles. The van der Waals surface area contributed by atoms with Crippen molar-refractivity contribution in [1.29, 1.82) is 5.26 Å². The number of aromatic nitrogens is 1. The van der Waals surface area contributed by atoms with Crippen molar-refractivity contribution in [2.24, 2.45) is 0 Å². The van der Waals surface area contributed by atoms with Gasteiger partial charge in [0.1, 0.15) is 11.8 Å². The summed E-state index contributed by atoms with van der Waals surface area (Å²) in [6.07, 6.45) is 1.46. The van der Waals surface area contributed by atoms with Crippen molar-refractivity contribution >= 4 is 0 Å². The number of ether oxygens (including phenoxy) is 3. The van der Waals surface area contributed by atoms with Gasteiger partial charge in [-0.15, -0.1) is 0 Å². The van der Waals surface area contributed by atoms with Crippen molar-refractivity contribution in [3.05, 3.63) is 53.2 Å². The second-order valence-electron chi connectivity index (χ2n) is 4.31. The monoisotopic (exact) mass is 268 g/mol. The molecule has 0 amide bonds. The fourth-order valence-electron chi connectivity index (χ4n) is 2.43. The maximum atomic E-state index is 9.04. The van der Waals surface area contributed by atoms with E-state index in [9.17, 15) is 0 Å². The molecular formula is C15H12N2O3. The Morgan fingerprint density at radius 3 is 2.65 bits per heavy atom. The van der Waals surface area contributed by atoms with Gasteiger partial charge in [-0.05, 0) is 18.2 Å². The predicted molar refractivity (Wildman–Crippen MR) is 70.3 cm³/mol. The molecule has 2 heterocycles. The van der Waals surface area contributed by atoms with Crippen LogP contribution in [0.25, 0.3) is 0 Å². The lowest BCUT2D eigenvalue weighted by Gasteiger charge is -2.36.